The lowest BCUT2D eigenvalue weighted by molar-refractivity contribution is -0.138. The van der Waals surface area contributed by atoms with Crippen molar-refractivity contribution in [2.24, 2.45) is 0 Å². The number of rotatable bonds is 3. The van der Waals surface area contributed by atoms with Crippen LogP contribution in [-0.4, -0.2) is 39.0 Å². The number of anilines is 1. The number of aryl methyl sites for hydroxylation is 1. The molecule has 0 spiro atoms. The number of carboxylic acids is 1. The van der Waals surface area contributed by atoms with E-state index in [1.54, 1.807) is 27.7 Å². The number of nitrogens with two attached hydrogens (primary N) is 1. The molecule has 3 N–H and O–H groups in total. The molecule has 0 aliphatic rings. The van der Waals surface area contributed by atoms with Crippen LogP contribution in [0.15, 0.2) is 0 Å². The summed E-state index contributed by atoms with van der Waals surface area (Å²) in [7, 11) is 0. The molecule has 1 aromatic heterocycles. The number of amides is 1. The fourth-order valence-corrected chi connectivity index (χ4v) is 2.27. The van der Waals surface area contributed by atoms with Crippen LogP contribution < -0.4 is 5.73 Å². The van der Waals surface area contributed by atoms with E-state index >= 15 is 0 Å². The Kier molecular flexibility index (Phi) is 3.95. The van der Waals surface area contributed by atoms with E-state index in [2.05, 4.69) is 4.98 Å². The molecule has 1 amide bonds. The highest BCUT2D eigenvalue weighted by molar-refractivity contribution is 7.17. The predicted molar refractivity (Wildman–Crippen MR) is 69.7 cm³/mol. The lowest BCUT2D eigenvalue weighted by Gasteiger charge is -2.34. The Morgan fingerprint density at radius 2 is 2.00 bits per heavy atom. The number of aromatic nitrogens is 1. The Bertz CT molecular complexity index is 476. The Morgan fingerprint density at radius 1 is 1.44 bits per heavy atom. The zero-order valence-electron chi connectivity index (χ0n) is 10.9. The van der Waals surface area contributed by atoms with Gasteiger partial charge in [0.15, 0.2) is 5.13 Å². The molecule has 0 bridgehead atoms. The van der Waals surface area contributed by atoms with Crippen molar-refractivity contribution in [3.05, 3.63) is 10.6 Å². The summed E-state index contributed by atoms with van der Waals surface area (Å²) in [6.07, 6.45) is 0. The molecule has 1 aromatic rings. The van der Waals surface area contributed by atoms with Crippen molar-refractivity contribution in [1.29, 1.82) is 0 Å². The second-order valence-electron chi connectivity index (χ2n) is 4.92. The van der Waals surface area contributed by atoms with Crippen LogP contribution in [-0.2, 0) is 4.79 Å². The van der Waals surface area contributed by atoms with Gasteiger partial charge in [-0.1, -0.05) is 11.3 Å². The van der Waals surface area contributed by atoms with E-state index in [9.17, 15) is 9.59 Å². The number of hydrogen-bond acceptors (Lipinski definition) is 5. The first-order valence-corrected chi connectivity index (χ1v) is 6.21. The summed E-state index contributed by atoms with van der Waals surface area (Å²) in [4.78, 5) is 28.9. The third-order valence-electron chi connectivity index (χ3n) is 2.36. The van der Waals surface area contributed by atoms with Gasteiger partial charge in [0, 0.05) is 5.54 Å². The highest BCUT2D eigenvalue weighted by Gasteiger charge is 2.31. The number of carbonyl (C=O) groups excluding carboxylic acids is 1. The maximum atomic E-state index is 12.3. The van der Waals surface area contributed by atoms with Crippen molar-refractivity contribution >= 4 is 28.3 Å². The normalized spacial score (nSPS) is 11.3. The van der Waals surface area contributed by atoms with Crippen LogP contribution in [0.3, 0.4) is 0 Å². The van der Waals surface area contributed by atoms with Gasteiger partial charge in [0.25, 0.3) is 5.91 Å². The molecule has 0 fully saturated rings. The second-order valence-corrected chi connectivity index (χ2v) is 5.95. The van der Waals surface area contributed by atoms with E-state index in [4.69, 9.17) is 10.8 Å². The fourth-order valence-electron chi connectivity index (χ4n) is 1.49. The SMILES string of the molecule is Cc1nc(N)sc1C(=O)N(CC(=O)O)C(C)(C)C. The van der Waals surface area contributed by atoms with Crippen LogP contribution in [0.4, 0.5) is 5.13 Å². The Labute approximate surface area is 109 Å². The van der Waals surface area contributed by atoms with Crippen molar-refractivity contribution in [2.45, 2.75) is 33.2 Å². The summed E-state index contributed by atoms with van der Waals surface area (Å²) in [5.74, 6) is -1.40. The lowest BCUT2D eigenvalue weighted by Crippen LogP contribution is -2.48. The molecule has 0 radical (unpaired) electrons. The topological polar surface area (TPSA) is 96.5 Å². The molecule has 0 unspecified atom stereocenters. The molecule has 0 aliphatic heterocycles. The van der Waals surface area contributed by atoms with Crippen molar-refractivity contribution in [3.63, 3.8) is 0 Å². The van der Waals surface area contributed by atoms with E-state index in [1.807, 2.05) is 0 Å². The number of nitrogens with zero attached hydrogens (tertiary/aromatic N) is 2. The van der Waals surface area contributed by atoms with Crippen LogP contribution >= 0.6 is 11.3 Å². The number of carboxylic acid groups (broad SMARTS) is 1. The molecule has 6 nitrogen and oxygen atoms in total. The molecular formula is C11H17N3O3S. The number of thiazole rings is 1. The fraction of sp³-hybridized carbons (Fsp3) is 0.545. The third kappa shape index (κ3) is 3.19. The van der Waals surface area contributed by atoms with Gasteiger partial charge in [0.05, 0.1) is 5.69 Å². The standard InChI is InChI=1S/C11H17N3O3S/c1-6-8(18-10(12)13-6)9(17)14(5-7(15)16)11(2,3)4/h5H2,1-4H3,(H2,12,13)(H,15,16). The van der Waals surface area contributed by atoms with Crippen molar-refractivity contribution < 1.29 is 14.7 Å². The number of carbonyl (C=O) groups is 2. The molecule has 18 heavy (non-hydrogen) atoms. The highest BCUT2D eigenvalue weighted by Crippen LogP contribution is 2.24. The van der Waals surface area contributed by atoms with Crippen LogP contribution in [0.25, 0.3) is 0 Å². The van der Waals surface area contributed by atoms with Gasteiger partial charge in [-0.25, -0.2) is 4.98 Å². The van der Waals surface area contributed by atoms with Crippen molar-refractivity contribution in [1.82, 2.24) is 9.88 Å². The first kappa shape index (κ1) is 14.4. The summed E-state index contributed by atoms with van der Waals surface area (Å²) in [5, 5.41) is 9.19. The van der Waals surface area contributed by atoms with Gasteiger partial charge >= 0.3 is 5.97 Å². The Balaban J connectivity index is 3.10. The minimum absolute atomic E-state index is 0.306. The molecule has 1 heterocycles. The van der Waals surface area contributed by atoms with Crippen LogP contribution in [0.2, 0.25) is 0 Å². The molecule has 0 aromatic carbocycles. The smallest absolute Gasteiger partial charge is 0.323 e. The van der Waals surface area contributed by atoms with Gasteiger partial charge in [-0.15, -0.1) is 0 Å². The van der Waals surface area contributed by atoms with Crippen molar-refractivity contribution in [2.75, 3.05) is 12.3 Å². The van der Waals surface area contributed by atoms with E-state index in [1.165, 1.54) is 4.90 Å². The zero-order chi connectivity index (χ0) is 14.1. The number of aliphatic carboxylic acids is 1. The van der Waals surface area contributed by atoms with Crippen molar-refractivity contribution in [3.8, 4) is 0 Å². The Hall–Kier alpha value is -1.63. The lowest BCUT2D eigenvalue weighted by atomic mass is 10.1. The predicted octanol–water partition coefficient (Wildman–Crippen LogP) is 1.36. The van der Waals surface area contributed by atoms with Gasteiger partial charge in [-0.05, 0) is 27.7 Å². The molecular weight excluding hydrogens is 254 g/mol. The maximum absolute atomic E-state index is 12.3. The highest BCUT2D eigenvalue weighted by atomic mass is 32.1. The van der Waals surface area contributed by atoms with Gasteiger partial charge in [-0.2, -0.15) is 0 Å². The van der Waals surface area contributed by atoms with Crippen LogP contribution in [0, 0.1) is 6.92 Å². The van der Waals surface area contributed by atoms with Crippen LogP contribution in [0.1, 0.15) is 36.1 Å². The van der Waals surface area contributed by atoms with Gasteiger partial charge < -0.3 is 15.7 Å². The largest absolute Gasteiger partial charge is 0.480 e. The summed E-state index contributed by atoms with van der Waals surface area (Å²) in [6.45, 7) is 6.69. The summed E-state index contributed by atoms with van der Waals surface area (Å²) in [5.41, 5.74) is 5.50. The number of hydrogen-bond donors (Lipinski definition) is 2. The Morgan fingerprint density at radius 3 is 2.33 bits per heavy atom. The zero-order valence-corrected chi connectivity index (χ0v) is 11.7. The third-order valence-corrected chi connectivity index (χ3v) is 3.33. The van der Waals surface area contributed by atoms with Gasteiger partial charge in [0.2, 0.25) is 0 Å². The molecule has 0 saturated carbocycles. The van der Waals surface area contributed by atoms with Gasteiger partial charge in [-0.3, -0.25) is 9.59 Å². The molecule has 1 rings (SSSR count). The van der Waals surface area contributed by atoms with E-state index in [-0.39, 0.29) is 12.5 Å². The van der Waals surface area contributed by atoms with E-state index in [0.29, 0.717) is 15.7 Å². The summed E-state index contributed by atoms with van der Waals surface area (Å²) >= 11 is 1.08. The minimum atomic E-state index is -1.05. The molecule has 7 heteroatoms. The second kappa shape index (κ2) is 4.93. The minimum Gasteiger partial charge on any atom is -0.480 e. The summed E-state index contributed by atoms with van der Waals surface area (Å²) < 4.78 is 0. The van der Waals surface area contributed by atoms with Gasteiger partial charge in [0.1, 0.15) is 11.4 Å². The maximum Gasteiger partial charge on any atom is 0.323 e. The molecule has 100 valence electrons. The monoisotopic (exact) mass is 271 g/mol. The average molecular weight is 271 g/mol. The molecule has 0 atom stereocenters. The number of nitrogen functional groups attached to an aromatic ring is 1. The molecule has 0 saturated heterocycles. The quantitative estimate of drug-likeness (QED) is 0.865. The first-order chi connectivity index (χ1) is 8.12. The van der Waals surface area contributed by atoms with Crippen LogP contribution in [0.5, 0.6) is 0 Å². The molecule has 0 aliphatic carbocycles. The van der Waals surface area contributed by atoms with E-state index in [0.717, 1.165) is 11.3 Å². The summed E-state index contributed by atoms with van der Waals surface area (Å²) in [6, 6.07) is 0. The average Bonchev–Trinajstić information content (AvgIpc) is 2.51. The first-order valence-electron chi connectivity index (χ1n) is 5.39. The van der Waals surface area contributed by atoms with E-state index < -0.39 is 11.5 Å².